The van der Waals surface area contributed by atoms with Gasteiger partial charge in [-0.15, -0.1) is 5.10 Å². The molecule has 1 aromatic carbocycles. The van der Waals surface area contributed by atoms with Gasteiger partial charge >= 0.3 is 6.18 Å². The molecule has 2 aromatic heterocycles. The molecule has 1 unspecified atom stereocenters. The summed E-state index contributed by atoms with van der Waals surface area (Å²) in [6.07, 6.45) is -4.78. The lowest BCUT2D eigenvalue weighted by Gasteiger charge is -2.37. The maximum Gasteiger partial charge on any atom is 0.420 e. The van der Waals surface area contributed by atoms with Crippen LogP contribution in [0.25, 0.3) is 5.82 Å². The van der Waals surface area contributed by atoms with Gasteiger partial charge in [-0.05, 0) is 36.4 Å². The number of hydrogen-bond acceptors (Lipinski definition) is 6. The molecule has 11 heteroatoms. The number of aliphatic hydroxyl groups is 1. The van der Waals surface area contributed by atoms with E-state index in [1.54, 1.807) is 12.3 Å². The molecule has 30 heavy (non-hydrogen) atoms. The van der Waals surface area contributed by atoms with E-state index in [1.807, 2.05) is 18.2 Å². The van der Waals surface area contributed by atoms with Crippen molar-refractivity contribution in [3.8, 4) is 5.82 Å². The van der Waals surface area contributed by atoms with Gasteiger partial charge in [-0.1, -0.05) is 21.1 Å². The Kier molecular flexibility index (Phi) is 5.65. The molecule has 1 N–H and O–H groups in total. The number of aromatic nitrogens is 4. The van der Waals surface area contributed by atoms with E-state index in [-0.39, 0.29) is 0 Å². The minimum absolute atomic E-state index is 0.320. The molecule has 1 aliphatic heterocycles. The van der Waals surface area contributed by atoms with Gasteiger partial charge in [0.1, 0.15) is 5.69 Å². The molecular formula is C19H18BrF3N6O. The summed E-state index contributed by atoms with van der Waals surface area (Å²) in [6.45, 7) is 3.38. The first kappa shape index (κ1) is 20.6. The van der Waals surface area contributed by atoms with Crippen LogP contribution < -0.4 is 9.80 Å². The molecule has 0 saturated carbocycles. The number of benzene rings is 1. The summed E-state index contributed by atoms with van der Waals surface area (Å²) in [6, 6.07) is 11.7. The lowest BCUT2D eigenvalue weighted by molar-refractivity contribution is -0.208. The minimum Gasteiger partial charge on any atom is -0.378 e. The highest BCUT2D eigenvalue weighted by atomic mass is 79.9. The van der Waals surface area contributed by atoms with Crippen molar-refractivity contribution in [1.29, 1.82) is 0 Å². The van der Waals surface area contributed by atoms with E-state index in [2.05, 4.69) is 53.2 Å². The third kappa shape index (κ3) is 4.41. The molecule has 0 radical (unpaired) electrons. The monoisotopic (exact) mass is 482 g/mol. The minimum atomic E-state index is -4.80. The van der Waals surface area contributed by atoms with E-state index in [1.165, 1.54) is 5.69 Å². The zero-order valence-electron chi connectivity index (χ0n) is 15.7. The van der Waals surface area contributed by atoms with Gasteiger partial charge in [-0.2, -0.15) is 13.2 Å². The molecule has 3 aromatic rings. The molecule has 1 aliphatic rings. The van der Waals surface area contributed by atoms with Gasteiger partial charge in [0.25, 0.3) is 0 Å². The highest BCUT2D eigenvalue weighted by molar-refractivity contribution is 9.10. The Morgan fingerprint density at radius 2 is 1.53 bits per heavy atom. The second-order valence-electron chi connectivity index (χ2n) is 6.86. The molecule has 7 nitrogen and oxygen atoms in total. The Labute approximate surface area is 178 Å². The van der Waals surface area contributed by atoms with Crippen LogP contribution in [0.2, 0.25) is 0 Å². The van der Waals surface area contributed by atoms with Crippen molar-refractivity contribution in [2.45, 2.75) is 12.3 Å². The van der Waals surface area contributed by atoms with Gasteiger partial charge in [0, 0.05) is 36.3 Å². The van der Waals surface area contributed by atoms with Crippen LogP contribution in [0.15, 0.2) is 53.3 Å². The van der Waals surface area contributed by atoms with Crippen molar-refractivity contribution < 1.29 is 18.3 Å². The van der Waals surface area contributed by atoms with Gasteiger partial charge in [-0.3, -0.25) is 0 Å². The molecule has 1 atom stereocenters. The fourth-order valence-electron chi connectivity index (χ4n) is 3.26. The number of halogens is 4. The third-order valence-corrected chi connectivity index (χ3v) is 5.43. The average Bonchev–Trinajstić information content (AvgIpc) is 3.23. The van der Waals surface area contributed by atoms with Crippen LogP contribution in [-0.2, 0) is 0 Å². The Morgan fingerprint density at radius 3 is 2.10 bits per heavy atom. The second-order valence-corrected chi connectivity index (χ2v) is 7.77. The molecule has 158 valence electrons. The fourth-order valence-corrected chi connectivity index (χ4v) is 3.52. The van der Waals surface area contributed by atoms with E-state index in [4.69, 9.17) is 0 Å². The summed E-state index contributed by atoms with van der Waals surface area (Å²) in [4.78, 5) is 8.80. The van der Waals surface area contributed by atoms with E-state index < -0.39 is 18.0 Å². The van der Waals surface area contributed by atoms with Crippen LogP contribution in [0.1, 0.15) is 11.8 Å². The summed E-state index contributed by atoms with van der Waals surface area (Å²) in [5, 5.41) is 16.3. The summed E-state index contributed by atoms with van der Waals surface area (Å²) in [7, 11) is 0. The number of rotatable bonds is 4. The molecule has 0 aliphatic carbocycles. The normalized spacial score (nSPS) is 16.0. The quantitative estimate of drug-likeness (QED) is 0.614. The predicted molar refractivity (Wildman–Crippen MR) is 109 cm³/mol. The fraction of sp³-hybridized carbons (Fsp3) is 0.316. The van der Waals surface area contributed by atoms with Crippen LogP contribution in [0, 0.1) is 0 Å². The van der Waals surface area contributed by atoms with Crippen molar-refractivity contribution in [2.75, 3.05) is 36.0 Å². The smallest absolute Gasteiger partial charge is 0.378 e. The van der Waals surface area contributed by atoms with E-state index in [0.29, 0.717) is 5.82 Å². The van der Waals surface area contributed by atoms with E-state index >= 15 is 0 Å². The van der Waals surface area contributed by atoms with Crippen molar-refractivity contribution in [3.63, 3.8) is 0 Å². The maximum atomic E-state index is 12.6. The molecular weight excluding hydrogens is 465 g/mol. The first-order valence-electron chi connectivity index (χ1n) is 9.20. The third-order valence-electron chi connectivity index (χ3n) is 4.90. The molecule has 3 heterocycles. The number of pyridine rings is 1. The number of hydrogen-bond donors (Lipinski definition) is 1. The number of anilines is 2. The van der Waals surface area contributed by atoms with Gasteiger partial charge < -0.3 is 14.9 Å². The van der Waals surface area contributed by atoms with Crippen molar-refractivity contribution >= 4 is 27.3 Å². The number of nitrogens with zero attached hydrogens (tertiary/aromatic N) is 6. The molecule has 1 fully saturated rings. The number of alkyl halides is 3. The molecule has 0 spiro atoms. The average molecular weight is 483 g/mol. The van der Waals surface area contributed by atoms with Crippen LogP contribution in [-0.4, -0.2) is 57.4 Å². The van der Waals surface area contributed by atoms with Crippen LogP contribution in [0.5, 0.6) is 0 Å². The van der Waals surface area contributed by atoms with Crippen LogP contribution in [0.3, 0.4) is 0 Å². The Balaban J connectivity index is 1.40. The Bertz CT molecular complexity index is 985. The Morgan fingerprint density at radius 1 is 0.933 bits per heavy atom. The summed E-state index contributed by atoms with van der Waals surface area (Å²) in [5.41, 5.74) is 1.52. The second kappa shape index (κ2) is 8.23. The predicted octanol–water partition coefficient (Wildman–Crippen LogP) is 3.35. The number of aliphatic hydroxyl groups excluding tert-OH is 1. The molecule has 0 bridgehead atoms. The lowest BCUT2D eigenvalue weighted by Crippen LogP contribution is -2.46. The first-order valence-corrected chi connectivity index (χ1v) is 9.99. The largest absolute Gasteiger partial charge is 0.420 e. The van der Waals surface area contributed by atoms with Crippen molar-refractivity contribution in [3.05, 3.63) is 59.0 Å². The zero-order chi connectivity index (χ0) is 21.3. The maximum absolute atomic E-state index is 12.6. The SMILES string of the molecule is OC(c1cn(-c2ccc(N3CCN(c4ccc(Br)cc4)CC3)cn2)nn1)C(F)(F)F. The van der Waals surface area contributed by atoms with Crippen molar-refractivity contribution in [1.82, 2.24) is 20.0 Å². The number of piperazine rings is 1. The van der Waals surface area contributed by atoms with E-state index in [0.717, 1.165) is 47.2 Å². The first-order chi connectivity index (χ1) is 14.3. The molecule has 1 saturated heterocycles. The van der Waals surface area contributed by atoms with Gasteiger partial charge in [0.2, 0.25) is 0 Å². The van der Waals surface area contributed by atoms with Crippen LogP contribution >= 0.6 is 15.9 Å². The van der Waals surface area contributed by atoms with Crippen molar-refractivity contribution in [2.24, 2.45) is 0 Å². The summed E-state index contributed by atoms with van der Waals surface area (Å²) < 4.78 is 40.0. The Hall–Kier alpha value is -2.66. The zero-order valence-corrected chi connectivity index (χ0v) is 17.3. The standard InChI is InChI=1S/C19H18BrF3N6O/c20-13-1-3-14(4-2-13)27-7-9-28(10-8-27)15-5-6-17(24-11-15)29-12-16(25-26-29)18(30)19(21,22)23/h1-6,11-12,18,30H,7-10H2. The van der Waals surface area contributed by atoms with Gasteiger partial charge in [-0.25, -0.2) is 9.67 Å². The highest BCUT2D eigenvalue weighted by Gasteiger charge is 2.41. The van der Waals surface area contributed by atoms with E-state index in [9.17, 15) is 18.3 Å². The molecule has 4 rings (SSSR count). The van der Waals surface area contributed by atoms with Crippen LogP contribution in [0.4, 0.5) is 24.5 Å². The van der Waals surface area contributed by atoms with Gasteiger partial charge in [0.15, 0.2) is 11.9 Å². The summed E-state index contributed by atoms with van der Waals surface area (Å²) in [5.74, 6) is 0.320. The van der Waals surface area contributed by atoms with Gasteiger partial charge in [0.05, 0.1) is 18.1 Å². The molecule has 0 amide bonds. The highest BCUT2D eigenvalue weighted by Crippen LogP contribution is 2.31. The lowest BCUT2D eigenvalue weighted by atomic mass is 10.2. The topological polar surface area (TPSA) is 70.3 Å². The summed E-state index contributed by atoms with van der Waals surface area (Å²) >= 11 is 3.44.